The van der Waals surface area contributed by atoms with Crippen molar-refractivity contribution in [2.45, 2.75) is 25.9 Å². The molecule has 1 heterocycles. The molecule has 0 saturated heterocycles. The lowest BCUT2D eigenvalue weighted by Crippen LogP contribution is -2.39. The molecule has 16 heavy (non-hydrogen) atoms. The Bertz CT molecular complexity index is 577. The molecular weight excluding hydrogens is 226 g/mol. The van der Waals surface area contributed by atoms with Gasteiger partial charge in [-0.3, -0.25) is 4.57 Å². The Hall–Kier alpha value is -1.26. The van der Waals surface area contributed by atoms with Crippen molar-refractivity contribution in [3.05, 3.63) is 33.7 Å². The minimum Gasteiger partial charge on any atom is -0.324 e. The molecule has 0 bridgehead atoms. The summed E-state index contributed by atoms with van der Waals surface area (Å²) in [7, 11) is 0. The molecule has 0 aliphatic rings. The summed E-state index contributed by atoms with van der Waals surface area (Å²) in [6.07, 6.45) is 0. The van der Waals surface area contributed by atoms with Crippen LogP contribution in [0.5, 0.6) is 0 Å². The molecule has 3 N–H and O–H groups in total. The maximum absolute atomic E-state index is 11.8. The molecule has 0 aliphatic carbocycles. The molecule has 1 aromatic carbocycles. The SMILES string of the molecule is CC(C)(N)Cn1c(=O)[nH]c2c(Cl)cccc21. The van der Waals surface area contributed by atoms with Gasteiger partial charge in [-0.1, -0.05) is 17.7 Å². The van der Waals surface area contributed by atoms with Crippen molar-refractivity contribution in [2.75, 3.05) is 0 Å². The number of hydrogen-bond acceptors (Lipinski definition) is 2. The van der Waals surface area contributed by atoms with Crippen molar-refractivity contribution in [3.63, 3.8) is 0 Å². The smallest absolute Gasteiger partial charge is 0.324 e. The lowest BCUT2D eigenvalue weighted by molar-refractivity contribution is 0.434. The number of para-hydroxylation sites is 1. The largest absolute Gasteiger partial charge is 0.326 e. The van der Waals surface area contributed by atoms with Crippen LogP contribution in [0.15, 0.2) is 23.0 Å². The van der Waals surface area contributed by atoms with Gasteiger partial charge in [-0.15, -0.1) is 0 Å². The molecule has 0 aliphatic heterocycles. The van der Waals surface area contributed by atoms with Crippen LogP contribution < -0.4 is 11.4 Å². The molecule has 2 rings (SSSR count). The van der Waals surface area contributed by atoms with Gasteiger partial charge in [0.1, 0.15) is 0 Å². The molecule has 0 atom stereocenters. The van der Waals surface area contributed by atoms with E-state index in [1.54, 1.807) is 10.6 Å². The number of hydrogen-bond donors (Lipinski definition) is 2. The van der Waals surface area contributed by atoms with Crippen molar-refractivity contribution >= 4 is 22.6 Å². The molecule has 0 radical (unpaired) electrons. The standard InChI is InChI=1S/C11H14ClN3O/c1-11(2,13)6-15-8-5-3-4-7(12)9(8)14-10(15)16/h3-5H,6,13H2,1-2H3,(H,14,16). The molecule has 2 aromatic rings. The van der Waals surface area contributed by atoms with Gasteiger partial charge in [0.25, 0.3) is 0 Å². The molecule has 0 saturated carbocycles. The fraction of sp³-hybridized carbons (Fsp3) is 0.364. The van der Waals surface area contributed by atoms with E-state index in [4.69, 9.17) is 17.3 Å². The number of H-pyrrole nitrogens is 1. The molecule has 86 valence electrons. The molecule has 0 fully saturated rings. The Morgan fingerprint density at radius 1 is 1.50 bits per heavy atom. The van der Waals surface area contributed by atoms with E-state index in [0.717, 1.165) is 5.52 Å². The van der Waals surface area contributed by atoms with Crippen LogP contribution in [0.25, 0.3) is 11.0 Å². The number of rotatable bonds is 2. The van der Waals surface area contributed by atoms with Gasteiger partial charge in [0, 0.05) is 12.1 Å². The van der Waals surface area contributed by atoms with Crippen LogP contribution in [0.4, 0.5) is 0 Å². The lowest BCUT2D eigenvalue weighted by atomic mass is 10.1. The first-order valence-electron chi connectivity index (χ1n) is 5.04. The number of imidazole rings is 1. The van der Waals surface area contributed by atoms with Crippen molar-refractivity contribution < 1.29 is 0 Å². The molecule has 0 amide bonds. The van der Waals surface area contributed by atoms with Crippen LogP contribution >= 0.6 is 11.6 Å². The summed E-state index contributed by atoms with van der Waals surface area (Å²) in [6, 6.07) is 5.42. The van der Waals surface area contributed by atoms with Crippen LogP contribution in [-0.2, 0) is 6.54 Å². The summed E-state index contributed by atoms with van der Waals surface area (Å²) in [6.45, 7) is 4.21. The third-order valence-corrected chi connectivity index (χ3v) is 2.64. The first-order chi connectivity index (χ1) is 7.38. The Kier molecular flexibility index (Phi) is 2.56. The van der Waals surface area contributed by atoms with Gasteiger partial charge in [-0.05, 0) is 26.0 Å². The summed E-state index contributed by atoms with van der Waals surface area (Å²) < 4.78 is 1.61. The quantitative estimate of drug-likeness (QED) is 0.838. The van der Waals surface area contributed by atoms with Crippen LogP contribution in [0.3, 0.4) is 0 Å². The number of aromatic nitrogens is 2. The van der Waals surface area contributed by atoms with Crippen LogP contribution in [-0.4, -0.2) is 15.1 Å². The van der Waals surface area contributed by atoms with Gasteiger partial charge in [0.15, 0.2) is 0 Å². The molecule has 4 nitrogen and oxygen atoms in total. The van der Waals surface area contributed by atoms with Crippen molar-refractivity contribution in [1.82, 2.24) is 9.55 Å². The Morgan fingerprint density at radius 3 is 2.81 bits per heavy atom. The minimum atomic E-state index is -0.443. The highest BCUT2D eigenvalue weighted by Crippen LogP contribution is 2.20. The average molecular weight is 240 g/mol. The second-order valence-electron chi connectivity index (χ2n) is 4.64. The maximum atomic E-state index is 11.8. The zero-order valence-corrected chi connectivity index (χ0v) is 10.0. The number of aromatic amines is 1. The third kappa shape index (κ3) is 1.99. The van der Waals surface area contributed by atoms with E-state index < -0.39 is 5.54 Å². The first-order valence-corrected chi connectivity index (χ1v) is 5.42. The van der Waals surface area contributed by atoms with E-state index >= 15 is 0 Å². The van der Waals surface area contributed by atoms with Crippen LogP contribution in [0.1, 0.15) is 13.8 Å². The second-order valence-corrected chi connectivity index (χ2v) is 5.05. The molecule has 5 heteroatoms. The predicted octanol–water partition coefficient (Wildman–Crippen LogP) is 1.72. The van der Waals surface area contributed by atoms with Gasteiger partial charge >= 0.3 is 5.69 Å². The zero-order valence-electron chi connectivity index (χ0n) is 9.25. The number of nitrogens with zero attached hydrogens (tertiary/aromatic N) is 1. The zero-order chi connectivity index (χ0) is 11.9. The van der Waals surface area contributed by atoms with E-state index in [1.807, 2.05) is 26.0 Å². The third-order valence-electron chi connectivity index (χ3n) is 2.33. The van der Waals surface area contributed by atoms with E-state index in [9.17, 15) is 4.79 Å². The number of nitrogens with two attached hydrogens (primary N) is 1. The van der Waals surface area contributed by atoms with Gasteiger partial charge in [0.2, 0.25) is 0 Å². The summed E-state index contributed by atoms with van der Waals surface area (Å²) in [5.74, 6) is 0. The summed E-state index contributed by atoms with van der Waals surface area (Å²) >= 11 is 6.00. The monoisotopic (exact) mass is 239 g/mol. The number of nitrogens with one attached hydrogen (secondary N) is 1. The minimum absolute atomic E-state index is 0.179. The maximum Gasteiger partial charge on any atom is 0.326 e. The normalized spacial score (nSPS) is 12.2. The first kappa shape index (κ1) is 11.2. The van der Waals surface area contributed by atoms with Crippen molar-refractivity contribution in [3.8, 4) is 0 Å². The Balaban J connectivity index is 2.66. The van der Waals surface area contributed by atoms with Crippen molar-refractivity contribution in [2.24, 2.45) is 5.73 Å². The van der Waals surface area contributed by atoms with Gasteiger partial charge in [0.05, 0.1) is 16.1 Å². The number of benzene rings is 1. The van der Waals surface area contributed by atoms with Gasteiger partial charge in [-0.25, -0.2) is 4.79 Å². The highest BCUT2D eigenvalue weighted by atomic mass is 35.5. The Morgan fingerprint density at radius 2 is 2.19 bits per heavy atom. The molecular formula is C11H14ClN3O. The molecule has 0 unspecified atom stereocenters. The molecule has 0 spiro atoms. The summed E-state index contributed by atoms with van der Waals surface area (Å²) in [5, 5.41) is 0.545. The molecule has 1 aromatic heterocycles. The predicted molar refractivity (Wildman–Crippen MR) is 65.8 cm³/mol. The fourth-order valence-corrected chi connectivity index (χ4v) is 1.93. The number of halogens is 1. The Labute approximate surface area is 98.0 Å². The fourth-order valence-electron chi connectivity index (χ4n) is 1.71. The van der Waals surface area contributed by atoms with Gasteiger partial charge < -0.3 is 10.7 Å². The second kappa shape index (κ2) is 3.64. The van der Waals surface area contributed by atoms with E-state index in [1.165, 1.54) is 0 Å². The lowest BCUT2D eigenvalue weighted by Gasteiger charge is -2.18. The highest BCUT2D eigenvalue weighted by molar-refractivity contribution is 6.34. The van der Waals surface area contributed by atoms with Crippen LogP contribution in [0.2, 0.25) is 5.02 Å². The van der Waals surface area contributed by atoms with E-state index in [0.29, 0.717) is 17.1 Å². The summed E-state index contributed by atoms with van der Waals surface area (Å²) in [5.41, 5.74) is 6.75. The highest BCUT2D eigenvalue weighted by Gasteiger charge is 2.16. The van der Waals surface area contributed by atoms with Crippen molar-refractivity contribution in [1.29, 1.82) is 0 Å². The van der Waals surface area contributed by atoms with Crippen LogP contribution in [0, 0.1) is 0 Å². The number of fused-ring (bicyclic) bond motifs is 1. The van der Waals surface area contributed by atoms with Gasteiger partial charge in [-0.2, -0.15) is 0 Å². The van der Waals surface area contributed by atoms with E-state index in [-0.39, 0.29) is 5.69 Å². The van der Waals surface area contributed by atoms with E-state index in [2.05, 4.69) is 4.98 Å². The topological polar surface area (TPSA) is 63.8 Å². The average Bonchev–Trinajstić information content (AvgIpc) is 2.44. The summed E-state index contributed by atoms with van der Waals surface area (Å²) in [4.78, 5) is 14.5.